The van der Waals surface area contributed by atoms with Crippen molar-refractivity contribution in [3.05, 3.63) is 24.8 Å². The molecule has 14 aliphatic rings. The van der Waals surface area contributed by atoms with Gasteiger partial charge >= 0.3 is 0 Å². The second kappa shape index (κ2) is 44.0. The Kier molecular flexibility index (Phi) is 42.0. The Morgan fingerprint density at radius 2 is 0.874 bits per heavy atom. The normalized spacial score (nSPS) is 28.6. The molecule has 11 saturated carbocycles. The lowest BCUT2D eigenvalue weighted by Gasteiger charge is -2.37. The molecule has 1 N–H and O–H groups in total. The van der Waals surface area contributed by atoms with Gasteiger partial charge in [-0.1, -0.05) is 219 Å². The molecule has 0 radical (unpaired) electrons. The van der Waals surface area contributed by atoms with Crippen LogP contribution in [0.2, 0.25) is 0 Å². The minimum Gasteiger partial charge on any atom is -0.390 e. The monoisotopic (exact) mass is 1480 g/mol. The molecule has 2 heterocycles. The highest BCUT2D eigenvalue weighted by Crippen LogP contribution is 2.62. The molecule has 0 aromatic carbocycles. The summed E-state index contributed by atoms with van der Waals surface area (Å²) < 4.78 is 79.7. The number of rotatable bonds is 19. The fourth-order valence-corrected chi connectivity index (χ4v) is 16.3. The van der Waals surface area contributed by atoms with Crippen molar-refractivity contribution in [3.63, 3.8) is 0 Å². The first-order valence-electron chi connectivity index (χ1n) is 43.4. The van der Waals surface area contributed by atoms with Crippen molar-refractivity contribution in [2.75, 3.05) is 24.7 Å². The van der Waals surface area contributed by atoms with E-state index >= 15 is 0 Å². The van der Waals surface area contributed by atoms with Crippen LogP contribution in [0.15, 0.2) is 24.8 Å². The Labute approximate surface area is 642 Å². The van der Waals surface area contributed by atoms with Crippen molar-refractivity contribution in [3.8, 4) is 0 Å². The average molecular weight is 1480 g/mol. The zero-order chi connectivity index (χ0) is 79.0. The van der Waals surface area contributed by atoms with Crippen LogP contribution in [0.3, 0.4) is 0 Å². The van der Waals surface area contributed by atoms with Gasteiger partial charge in [0.15, 0.2) is 0 Å². The minimum atomic E-state index is -2.32. The maximum atomic E-state index is 13.2. The van der Waals surface area contributed by atoms with Gasteiger partial charge < -0.3 is 9.84 Å². The number of ether oxygens (including phenoxy) is 1. The molecule has 14 rings (SSSR count). The summed E-state index contributed by atoms with van der Waals surface area (Å²) in [6.45, 7) is 68.1. The van der Waals surface area contributed by atoms with Crippen molar-refractivity contribution >= 4 is 11.8 Å². The molecule has 0 aromatic heterocycles. The van der Waals surface area contributed by atoms with Crippen LogP contribution in [0.25, 0.3) is 0 Å². The van der Waals surface area contributed by atoms with Crippen LogP contribution in [-0.2, 0) is 4.74 Å². The summed E-state index contributed by atoms with van der Waals surface area (Å²) in [4.78, 5) is 0. The molecule has 612 valence electrons. The van der Waals surface area contributed by atoms with Crippen LogP contribution in [-0.4, -0.2) is 58.6 Å². The molecule has 6 atom stereocenters. The third kappa shape index (κ3) is 47.3. The van der Waals surface area contributed by atoms with Gasteiger partial charge in [0, 0.05) is 31.1 Å². The zero-order valence-corrected chi connectivity index (χ0v) is 74.2. The third-order valence-corrected chi connectivity index (χ3v) is 25.8. The number of hydrogen-bond donors (Lipinski definition) is 1. The van der Waals surface area contributed by atoms with Crippen LogP contribution in [0, 0.1) is 134 Å². The molecule has 0 spiro atoms. The molecule has 2 nitrogen and oxygen atoms in total. The average Bonchev–Trinajstić information content (AvgIpc) is 1.57. The number of halogens is 6. The Morgan fingerprint density at radius 3 is 1.00 bits per heavy atom. The van der Waals surface area contributed by atoms with E-state index in [2.05, 4.69) is 217 Å². The van der Waals surface area contributed by atoms with E-state index < -0.39 is 23.2 Å². The first kappa shape index (κ1) is 98.4. The predicted molar refractivity (Wildman–Crippen MR) is 442 cm³/mol. The van der Waals surface area contributed by atoms with Crippen LogP contribution >= 0.6 is 11.8 Å². The summed E-state index contributed by atoms with van der Waals surface area (Å²) in [5.74, 6) is 11.6. The van der Waals surface area contributed by atoms with Gasteiger partial charge in [-0.25, -0.2) is 26.3 Å². The lowest BCUT2D eigenvalue weighted by atomic mass is 9.75. The van der Waals surface area contributed by atoms with Crippen LogP contribution < -0.4 is 0 Å². The second-order valence-electron chi connectivity index (χ2n) is 43.3. The van der Waals surface area contributed by atoms with Gasteiger partial charge in [0.25, 0.3) is 5.92 Å². The Balaban J connectivity index is 0.000000380. The summed E-state index contributed by atoms with van der Waals surface area (Å²) in [7, 11) is 0. The highest BCUT2D eigenvalue weighted by Gasteiger charge is 2.56. The molecule has 6 unspecified atom stereocenters. The second-order valence-corrected chi connectivity index (χ2v) is 44.3. The summed E-state index contributed by atoms with van der Waals surface area (Å²) in [6, 6.07) is 0. The standard InChI is InChI=1S/C9H16.C8H14F2.C8H15F.C8H16O.C8H14.C7H12F2.C7H13F.C7H14O.C7H14S.C7H14.C7H12.C6H12.C5H10/c1-8(2)7-9-5-3-4-6-9;1-6(2)3-7-4-8(9,10)5-7;2*1-7(2)6-8(9)4-3-5-8;1-8(2)5-7(8)6-3-4-6;1-5(2)3-6-4-7(6,8)9;1-6(2)5-7(8)3-4-7;2*1-6(2)3-7-4-8-5-7;2*1-4-6-5-7(6,2)3;1-5-4-6(5,2)3;1-5(2)3-4-5/h3,5,8-9H,4,6-7H2,1-2H3;6-7H,3-5H2,1-2H3;7H,3-6H2,1-2H3;7,9H,3-6H2,1-2H3;6-7H,3-5H2,1-2H3;5-6H,3-4H2,1-2H3;6H,3-5H2,1-2H3;2*6-7H,3-5H2,1-2H3;6H,4-5H2,1-3H3;4,6H,1,5H2,2-3H3;5H,4H2,1-3H3;3-4H2,1-2H3. The lowest BCUT2D eigenvalue weighted by Crippen LogP contribution is -2.37. The van der Waals surface area contributed by atoms with Gasteiger partial charge in [0.05, 0.1) is 18.8 Å². The maximum Gasteiger partial charge on any atom is 0.251 e. The molecule has 0 aromatic rings. The first-order valence-corrected chi connectivity index (χ1v) is 44.6. The van der Waals surface area contributed by atoms with E-state index in [0.29, 0.717) is 52.8 Å². The molecule has 2 saturated heterocycles. The van der Waals surface area contributed by atoms with Gasteiger partial charge in [0.1, 0.15) is 11.3 Å². The SMILES string of the molecule is C=CC1CC1(C)C.CC(C)CC1(F)CC1.CC(C)CC1(F)CCC1.CC(C)CC1(O)CCC1.CC(C)CC1C=CCC1.CC(C)CC1CC(F)(F)C1.CC(C)CC1CC1(F)F.CC(C)CC1COC1.CC(C)CC1CSC1.CC1(C)CC1.CC1(C)CC1C1CC1.CC1CC1(C)C.CCC1CC1(C)C. The molecule has 0 amide bonds. The fraction of sp³-hybridized carbons (Fsp3) is 0.957. The molecular formula is C94H176F6O2S. The number of aliphatic hydroxyl groups is 1. The summed E-state index contributed by atoms with van der Waals surface area (Å²) in [5.41, 5.74) is 1.79. The Hall–Kier alpha value is -0.670. The number of alkyl halides is 6. The Bertz CT molecular complexity index is 2220. The summed E-state index contributed by atoms with van der Waals surface area (Å²) in [6.07, 6.45) is 39.0. The van der Waals surface area contributed by atoms with Crippen LogP contribution in [0.1, 0.15) is 386 Å². The van der Waals surface area contributed by atoms with Gasteiger partial charge in [0.2, 0.25) is 5.92 Å². The first-order chi connectivity index (χ1) is 47.1. The summed E-state index contributed by atoms with van der Waals surface area (Å²) >= 11 is 2.09. The molecule has 0 bridgehead atoms. The van der Waals surface area contributed by atoms with Gasteiger partial charge in [-0.3, -0.25) is 0 Å². The predicted octanol–water partition coefficient (Wildman–Crippen LogP) is 31.2. The van der Waals surface area contributed by atoms with Crippen molar-refractivity contribution in [2.45, 2.75) is 415 Å². The molecule has 13 fully saturated rings. The maximum absolute atomic E-state index is 13.2. The van der Waals surface area contributed by atoms with Crippen molar-refractivity contribution in [1.29, 1.82) is 0 Å². The third-order valence-electron chi connectivity index (χ3n) is 24.4. The minimum absolute atomic E-state index is 0.130. The van der Waals surface area contributed by atoms with Crippen molar-refractivity contribution < 1.29 is 36.2 Å². The molecular weight excluding hydrogens is 1310 g/mol. The quantitative estimate of drug-likeness (QED) is 0.103. The highest BCUT2D eigenvalue weighted by molar-refractivity contribution is 8.00. The van der Waals surface area contributed by atoms with Crippen LogP contribution in [0.4, 0.5) is 26.3 Å². The number of thioether (sulfide) groups is 1. The fourth-order valence-electron chi connectivity index (χ4n) is 15.5. The van der Waals surface area contributed by atoms with E-state index in [4.69, 9.17) is 4.74 Å². The largest absolute Gasteiger partial charge is 0.390 e. The molecule has 2 aliphatic heterocycles. The summed E-state index contributed by atoms with van der Waals surface area (Å²) in [5, 5.41) is 9.58. The van der Waals surface area contributed by atoms with E-state index in [9.17, 15) is 31.4 Å². The van der Waals surface area contributed by atoms with E-state index in [1.165, 1.54) is 108 Å². The topological polar surface area (TPSA) is 29.5 Å². The van der Waals surface area contributed by atoms with Crippen LogP contribution in [0.5, 0.6) is 0 Å². The van der Waals surface area contributed by atoms with Gasteiger partial charge in [-0.15, -0.1) is 6.58 Å². The zero-order valence-electron chi connectivity index (χ0n) is 73.4. The Morgan fingerprint density at radius 1 is 0.476 bits per heavy atom. The van der Waals surface area contributed by atoms with E-state index in [1.54, 1.807) is 0 Å². The molecule has 9 heteroatoms. The number of allylic oxidation sites excluding steroid dienone is 3. The lowest BCUT2D eigenvalue weighted by molar-refractivity contribution is -0.114. The van der Waals surface area contributed by atoms with Crippen molar-refractivity contribution in [1.82, 2.24) is 0 Å². The highest BCUT2D eigenvalue weighted by atomic mass is 32.2. The van der Waals surface area contributed by atoms with Crippen molar-refractivity contribution in [2.24, 2.45) is 134 Å². The molecule has 103 heavy (non-hydrogen) atoms. The molecule has 12 aliphatic carbocycles. The van der Waals surface area contributed by atoms with E-state index in [1.807, 2.05) is 13.8 Å². The van der Waals surface area contributed by atoms with E-state index in [-0.39, 0.29) is 30.8 Å². The number of hydrogen-bond acceptors (Lipinski definition) is 3. The van der Waals surface area contributed by atoms with Gasteiger partial charge in [-0.2, -0.15) is 11.8 Å². The van der Waals surface area contributed by atoms with E-state index in [0.717, 1.165) is 165 Å². The van der Waals surface area contributed by atoms with Gasteiger partial charge in [-0.05, 0) is 300 Å². The smallest absolute Gasteiger partial charge is 0.251 e.